The first-order chi connectivity index (χ1) is 7.49. The summed E-state index contributed by atoms with van der Waals surface area (Å²) in [5.41, 5.74) is 6.79. The average Bonchev–Trinajstić information content (AvgIpc) is 2.19. The zero-order valence-corrected chi connectivity index (χ0v) is 9.93. The third-order valence-corrected chi connectivity index (χ3v) is 2.80. The molecular weight excluding hydrogens is 247 g/mol. The third-order valence-electron chi connectivity index (χ3n) is 2.29. The van der Waals surface area contributed by atoms with Gasteiger partial charge in [-0.3, -0.25) is 4.79 Å². The number of pyridine rings is 1. The summed E-state index contributed by atoms with van der Waals surface area (Å²) in [5, 5.41) is 1.77. The van der Waals surface area contributed by atoms with Crippen LogP contribution < -0.4 is 5.73 Å². The molecule has 0 bridgehead atoms. The van der Waals surface area contributed by atoms with Crippen LogP contribution in [0.15, 0.2) is 18.2 Å². The van der Waals surface area contributed by atoms with Crippen LogP contribution in [0.3, 0.4) is 0 Å². The van der Waals surface area contributed by atoms with E-state index >= 15 is 0 Å². The molecule has 0 aliphatic heterocycles. The largest absolute Gasteiger partial charge is 0.364 e. The lowest BCUT2D eigenvalue weighted by Gasteiger charge is -2.06. The minimum Gasteiger partial charge on any atom is -0.364 e. The summed E-state index contributed by atoms with van der Waals surface area (Å²) in [6.45, 7) is 1.85. The molecule has 0 fully saturated rings. The number of fused-ring (bicyclic) bond motifs is 1. The van der Waals surface area contributed by atoms with Crippen molar-refractivity contribution >= 4 is 40.0 Å². The first-order valence-electron chi connectivity index (χ1n) is 4.55. The minimum atomic E-state index is -0.573. The number of hydrogen-bond acceptors (Lipinski definition) is 2. The van der Waals surface area contributed by atoms with Gasteiger partial charge in [0, 0.05) is 10.4 Å². The lowest BCUT2D eigenvalue weighted by molar-refractivity contribution is 0.0996. The molecule has 1 aromatic carbocycles. The highest BCUT2D eigenvalue weighted by molar-refractivity contribution is 6.38. The molecule has 1 aromatic heterocycles. The van der Waals surface area contributed by atoms with Crippen LogP contribution in [-0.2, 0) is 0 Å². The van der Waals surface area contributed by atoms with Crippen LogP contribution in [0.4, 0.5) is 0 Å². The molecular formula is C11H8Cl2N2O. The molecule has 5 heteroatoms. The van der Waals surface area contributed by atoms with E-state index in [0.717, 1.165) is 10.9 Å². The van der Waals surface area contributed by atoms with Gasteiger partial charge in [-0.1, -0.05) is 23.2 Å². The van der Waals surface area contributed by atoms with Crippen molar-refractivity contribution in [3.63, 3.8) is 0 Å². The Balaban J connectivity index is 2.87. The fourth-order valence-corrected chi connectivity index (χ4v) is 2.08. The zero-order valence-electron chi connectivity index (χ0n) is 8.42. The highest BCUT2D eigenvalue weighted by Gasteiger charge is 2.10. The number of nitrogens with two attached hydrogens (primary N) is 1. The summed E-state index contributed by atoms with van der Waals surface area (Å²) < 4.78 is 0. The molecule has 0 radical (unpaired) electrons. The molecule has 1 heterocycles. The Morgan fingerprint density at radius 3 is 2.62 bits per heavy atom. The second-order valence-electron chi connectivity index (χ2n) is 3.47. The Morgan fingerprint density at radius 1 is 1.31 bits per heavy atom. The van der Waals surface area contributed by atoms with Gasteiger partial charge < -0.3 is 5.73 Å². The van der Waals surface area contributed by atoms with E-state index in [2.05, 4.69) is 4.98 Å². The zero-order chi connectivity index (χ0) is 11.9. The molecule has 2 aromatic rings. The molecule has 0 aliphatic rings. The smallest absolute Gasteiger partial charge is 0.267 e. The van der Waals surface area contributed by atoms with Crippen molar-refractivity contribution in [1.82, 2.24) is 4.98 Å². The second-order valence-corrected chi connectivity index (χ2v) is 4.32. The van der Waals surface area contributed by atoms with Gasteiger partial charge in [0.2, 0.25) is 0 Å². The molecule has 0 atom stereocenters. The van der Waals surface area contributed by atoms with Gasteiger partial charge >= 0.3 is 0 Å². The standard InChI is InChI=1S/C11H8Cl2N2O/c1-5-2-9(11(14)16)15-10-7(5)3-6(12)4-8(10)13/h2-4H,1H3,(H2,14,16). The SMILES string of the molecule is Cc1cc(C(N)=O)nc2c(Cl)cc(Cl)cc12. The number of primary amides is 1. The maximum Gasteiger partial charge on any atom is 0.267 e. The van der Waals surface area contributed by atoms with Crippen LogP contribution in [0.2, 0.25) is 10.0 Å². The van der Waals surface area contributed by atoms with E-state index in [-0.39, 0.29) is 5.69 Å². The number of benzene rings is 1. The third kappa shape index (κ3) is 1.84. The summed E-state index contributed by atoms with van der Waals surface area (Å²) in [7, 11) is 0. The van der Waals surface area contributed by atoms with Gasteiger partial charge in [0.1, 0.15) is 5.69 Å². The van der Waals surface area contributed by atoms with Crippen LogP contribution >= 0.6 is 23.2 Å². The molecule has 0 aliphatic carbocycles. The monoisotopic (exact) mass is 254 g/mol. The molecule has 1 amide bonds. The normalized spacial score (nSPS) is 10.7. The fraction of sp³-hybridized carbons (Fsp3) is 0.0909. The van der Waals surface area contributed by atoms with E-state index in [0.29, 0.717) is 15.6 Å². The molecule has 2 N–H and O–H groups in total. The summed E-state index contributed by atoms with van der Waals surface area (Å²) in [6, 6.07) is 4.97. The van der Waals surface area contributed by atoms with E-state index in [1.54, 1.807) is 18.2 Å². The molecule has 0 saturated carbocycles. The van der Waals surface area contributed by atoms with Crippen molar-refractivity contribution in [2.75, 3.05) is 0 Å². The topological polar surface area (TPSA) is 56.0 Å². The van der Waals surface area contributed by atoms with Crippen LogP contribution in [0, 0.1) is 6.92 Å². The van der Waals surface area contributed by atoms with E-state index in [4.69, 9.17) is 28.9 Å². The van der Waals surface area contributed by atoms with Crippen molar-refractivity contribution in [2.24, 2.45) is 5.73 Å². The van der Waals surface area contributed by atoms with Gasteiger partial charge in [-0.15, -0.1) is 0 Å². The summed E-state index contributed by atoms with van der Waals surface area (Å²) in [6.07, 6.45) is 0. The van der Waals surface area contributed by atoms with Crippen molar-refractivity contribution in [2.45, 2.75) is 6.92 Å². The highest BCUT2D eigenvalue weighted by Crippen LogP contribution is 2.28. The summed E-state index contributed by atoms with van der Waals surface area (Å²) in [4.78, 5) is 15.2. The number of rotatable bonds is 1. The first-order valence-corrected chi connectivity index (χ1v) is 5.31. The summed E-state index contributed by atoms with van der Waals surface area (Å²) in [5.74, 6) is -0.573. The van der Waals surface area contributed by atoms with Gasteiger partial charge in [0.15, 0.2) is 0 Å². The van der Waals surface area contributed by atoms with Gasteiger partial charge in [0.05, 0.1) is 10.5 Å². The van der Waals surface area contributed by atoms with Gasteiger partial charge in [-0.25, -0.2) is 4.98 Å². The predicted molar refractivity (Wildman–Crippen MR) is 65.0 cm³/mol. The lowest BCUT2D eigenvalue weighted by atomic mass is 10.1. The predicted octanol–water partition coefficient (Wildman–Crippen LogP) is 2.95. The lowest BCUT2D eigenvalue weighted by Crippen LogP contribution is -2.13. The Kier molecular flexibility index (Phi) is 2.74. The average molecular weight is 255 g/mol. The van der Waals surface area contributed by atoms with E-state index < -0.39 is 5.91 Å². The number of amides is 1. The van der Waals surface area contributed by atoms with Gasteiger partial charge in [-0.2, -0.15) is 0 Å². The van der Waals surface area contributed by atoms with Crippen LogP contribution in [-0.4, -0.2) is 10.9 Å². The van der Waals surface area contributed by atoms with Crippen molar-refractivity contribution < 1.29 is 4.79 Å². The number of nitrogens with zero attached hydrogens (tertiary/aromatic N) is 1. The molecule has 0 spiro atoms. The van der Waals surface area contributed by atoms with Crippen LogP contribution in [0.25, 0.3) is 10.9 Å². The number of carbonyl (C=O) groups is 1. The van der Waals surface area contributed by atoms with E-state index in [1.165, 1.54) is 0 Å². The van der Waals surface area contributed by atoms with Crippen molar-refractivity contribution in [1.29, 1.82) is 0 Å². The van der Waals surface area contributed by atoms with Crippen molar-refractivity contribution in [3.8, 4) is 0 Å². The Bertz CT molecular complexity index is 596. The van der Waals surface area contributed by atoms with Crippen molar-refractivity contribution in [3.05, 3.63) is 39.5 Å². The molecule has 2 rings (SSSR count). The molecule has 16 heavy (non-hydrogen) atoms. The number of carbonyl (C=O) groups excluding carboxylic acids is 1. The molecule has 82 valence electrons. The number of aryl methyl sites for hydroxylation is 1. The quantitative estimate of drug-likeness (QED) is 0.851. The Labute approximate surface area is 102 Å². The van der Waals surface area contributed by atoms with Gasteiger partial charge in [0.25, 0.3) is 5.91 Å². The van der Waals surface area contributed by atoms with E-state index in [1.807, 2.05) is 6.92 Å². The fourth-order valence-electron chi connectivity index (χ4n) is 1.54. The Morgan fingerprint density at radius 2 is 2.00 bits per heavy atom. The van der Waals surface area contributed by atoms with Crippen LogP contribution in [0.5, 0.6) is 0 Å². The number of halogens is 2. The maximum atomic E-state index is 11.1. The highest BCUT2D eigenvalue weighted by atomic mass is 35.5. The molecule has 0 saturated heterocycles. The van der Waals surface area contributed by atoms with Gasteiger partial charge in [-0.05, 0) is 30.7 Å². The minimum absolute atomic E-state index is 0.203. The molecule has 3 nitrogen and oxygen atoms in total. The summed E-state index contributed by atoms with van der Waals surface area (Å²) >= 11 is 11.9. The second kappa shape index (κ2) is 3.92. The number of hydrogen-bond donors (Lipinski definition) is 1. The molecule has 0 unspecified atom stereocenters. The number of aromatic nitrogens is 1. The van der Waals surface area contributed by atoms with Crippen LogP contribution in [0.1, 0.15) is 16.1 Å². The maximum absolute atomic E-state index is 11.1. The van der Waals surface area contributed by atoms with E-state index in [9.17, 15) is 4.79 Å². The Hall–Kier alpha value is -1.32. The first kappa shape index (κ1) is 11.2.